The van der Waals surface area contributed by atoms with E-state index in [9.17, 15) is 5.11 Å². The molecule has 2 aliphatic rings. The third-order valence-corrected chi connectivity index (χ3v) is 5.29. The molecule has 2 heteroatoms. The van der Waals surface area contributed by atoms with Gasteiger partial charge in [0.25, 0.3) is 0 Å². The first-order valence-electron chi connectivity index (χ1n) is 9.16. The van der Waals surface area contributed by atoms with Gasteiger partial charge in [-0.2, -0.15) is 0 Å². The molecule has 1 aliphatic heterocycles. The Morgan fingerprint density at radius 2 is 1.95 bits per heavy atom. The van der Waals surface area contributed by atoms with E-state index >= 15 is 0 Å². The lowest BCUT2D eigenvalue weighted by Gasteiger charge is -2.47. The zero-order valence-corrected chi connectivity index (χ0v) is 14.0. The highest BCUT2D eigenvalue weighted by atomic mass is 16.5. The van der Waals surface area contributed by atoms with Gasteiger partial charge >= 0.3 is 0 Å². The lowest BCUT2D eigenvalue weighted by atomic mass is 9.74. The molecule has 0 bridgehead atoms. The topological polar surface area (TPSA) is 29.5 Å². The number of fused-ring (bicyclic) bond motifs is 1. The smallest absolute Gasteiger partial charge is 0.0897 e. The third kappa shape index (κ3) is 5.10. The van der Waals surface area contributed by atoms with Crippen LogP contribution in [-0.4, -0.2) is 22.9 Å². The second-order valence-corrected chi connectivity index (χ2v) is 7.33. The molecule has 1 aliphatic carbocycles. The van der Waals surface area contributed by atoms with Crippen LogP contribution in [0.5, 0.6) is 0 Å². The van der Waals surface area contributed by atoms with Gasteiger partial charge in [0.05, 0.1) is 17.8 Å². The first-order valence-corrected chi connectivity index (χ1v) is 9.16. The molecular weight excluding hydrogens is 260 g/mol. The fourth-order valence-electron chi connectivity index (χ4n) is 3.94. The van der Waals surface area contributed by atoms with Gasteiger partial charge in [-0.15, -0.1) is 0 Å². The summed E-state index contributed by atoms with van der Waals surface area (Å²) in [6, 6.07) is 0. The zero-order chi connectivity index (χ0) is 15.1. The maximum Gasteiger partial charge on any atom is 0.0897 e. The highest BCUT2D eigenvalue weighted by Gasteiger charge is 2.44. The molecule has 122 valence electrons. The van der Waals surface area contributed by atoms with Crippen LogP contribution in [0.25, 0.3) is 0 Å². The Bertz CT molecular complexity index is 322. The van der Waals surface area contributed by atoms with Gasteiger partial charge in [0, 0.05) is 0 Å². The predicted octanol–water partition coefficient (Wildman–Crippen LogP) is 5.00. The summed E-state index contributed by atoms with van der Waals surface area (Å²) >= 11 is 0. The molecule has 1 N–H and O–H groups in total. The van der Waals surface area contributed by atoms with E-state index in [-0.39, 0.29) is 6.10 Å². The molecule has 0 spiro atoms. The predicted molar refractivity (Wildman–Crippen MR) is 88.4 cm³/mol. The minimum Gasteiger partial charge on any atom is -0.387 e. The van der Waals surface area contributed by atoms with Crippen LogP contribution in [-0.2, 0) is 4.74 Å². The van der Waals surface area contributed by atoms with E-state index in [2.05, 4.69) is 19.1 Å². The lowest BCUT2D eigenvalue weighted by molar-refractivity contribution is -0.197. The van der Waals surface area contributed by atoms with Crippen molar-refractivity contribution in [3.63, 3.8) is 0 Å². The molecule has 2 rings (SSSR count). The van der Waals surface area contributed by atoms with Crippen molar-refractivity contribution in [2.45, 2.75) is 102 Å². The number of aliphatic hydroxyl groups is 1. The third-order valence-electron chi connectivity index (χ3n) is 5.29. The summed E-state index contributed by atoms with van der Waals surface area (Å²) in [5.74, 6) is 0.586. The van der Waals surface area contributed by atoms with Crippen molar-refractivity contribution in [3.05, 3.63) is 12.2 Å². The Morgan fingerprint density at radius 1 is 1.14 bits per heavy atom. The Balaban J connectivity index is 1.74. The number of hydrogen-bond donors (Lipinski definition) is 1. The van der Waals surface area contributed by atoms with Gasteiger partial charge in [-0.25, -0.2) is 0 Å². The van der Waals surface area contributed by atoms with E-state index in [0.29, 0.717) is 12.0 Å². The number of ether oxygens (including phenoxy) is 1. The summed E-state index contributed by atoms with van der Waals surface area (Å²) in [6.45, 7) is 4.22. The van der Waals surface area contributed by atoms with Crippen LogP contribution in [0.1, 0.15) is 84.5 Å². The van der Waals surface area contributed by atoms with Crippen LogP contribution in [0.3, 0.4) is 0 Å². The van der Waals surface area contributed by atoms with Gasteiger partial charge in [-0.05, 0) is 51.4 Å². The van der Waals surface area contributed by atoms with Crippen molar-refractivity contribution in [1.82, 2.24) is 0 Å². The minimum absolute atomic E-state index is 0.0104. The second kappa shape index (κ2) is 8.33. The average Bonchev–Trinajstić information content (AvgIpc) is 2.46. The molecule has 1 heterocycles. The van der Waals surface area contributed by atoms with Gasteiger partial charge in [0.15, 0.2) is 0 Å². The monoisotopic (exact) mass is 294 g/mol. The molecular formula is C19H34O2. The Kier molecular flexibility index (Phi) is 6.75. The van der Waals surface area contributed by atoms with Gasteiger partial charge in [0.1, 0.15) is 0 Å². The van der Waals surface area contributed by atoms with Crippen LogP contribution in [0.4, 0.5) is 0 Å². The fourth-order valence-corrected chi connectivity index (χ4v) is 3.94. The molecule has 0 aromatic rings. The summed E-state index contributed by atoms with van der Waals surface area (Å²) in [7, 11) is 0. The van der Waals surface area contributed by atoms with E-state index in [4.69, 9.17) is 4.74 Å². The van der Waals surface area contributed by atoms with Crippen molar-refractivity contribution in [2.75, 3.05) is 0 Å². The molecule has 0 amide bonds. The first-order chi connectivity index (χ1) is 10.1. The minimum atomic E-state index is -0.648. The maximum absolute atomic E-state index is 10.7. The van der Waals surface area contributed by atoms with Crippen LogP contribution < -0.4 is 0 Å². The average molecular weight is 294 g/mol. The van der Waals surface area contributed by atoms with Crippen LogP contribution in [0.15, 0.2) is 12.2 Å². The van der Waals surface area contributed by atoms with Gasteiger partial charge in [-0.1, -0.05) is 51.2 Å². The SMILES string of the molecule is CCCCCC/C=C/C[C@@H]1O[C@@H]2CCCC[C@H]2C[C@@]1(C)O. The van der Waals surface area contributed by atoms with E-state index in [0.717, 1.165) is 12.8 Å². The van der Waals surface area contributed by atoms with Gasteiger partial charge < -0.3 is 9.84 Å². The van der Waals surface area contributed by atoms with Crippen molar-refractivity contribution in [1.29, 1.82) is 0 Å². The molecule has 0 unspecified atom stereocenters. The molecule has 4 atom stereocenters. The Morgan fingerprint density at radius 3 is 2.76 bits per heavy atom. The van der Waals surface area contributed by atoms with E-state index in [1.807, 2.05) is 6.92 Å². The summed E-state index contributed by atoms with van der Waals surface area (Å²) in [5, 5.41) is 10.7. The van der Waals surface area contributed by atoms with Crippen LogP contribution in [0, 0.1) is 5.92 Å². The molecule has 0 aromatic carbocycles. The summed E-state index contributed by atoms with van der Waals surface area (Å²) in [5.41, 5.74) is -0.648. The molecule has 0 radical (unpaired) electrons. The van der Waals surface area contributed by atoms with E-state index in [1.165, 1.54) is 57.8 Å². The fraction of sp³-hybridized carbons (Fsp3) is 0.895. The van der Waals surface area contributed by atoms with E-state index in [1.54, 1.807) is 0 Å². The molecule has 2 nitrogen and oxygen atoms in total. The largest absolute Gasteiger partial charge is 0.387 e. The van der Waals surface area contributed by atoms with Crippen molar-refractivity contribution < 1.29 is 9.84 Å². The molecule has 1 saturated carbocycles. The molecule has 1 saturated heterocycles. The number of unbranched alkanes of at least 4 members (excludes halogenated alkanes) is 4. The van der Waals surface area contributed by atoms with E-state index < -0.39 is 5.60 Å². The van der Waals surface area contributed by atoms with Crippen molar-refractivity contribution in [2.24, 2.45) is 5.92 Å². The normalized spacial score (nSPS) is 36.8. The van der Waals surface area contributed by atoms with Gasteiger partial charge in [0.2, 0.25) is 0 Å². The Labute approximate surface area is 131 Å². The summed E-state index contributed by atoms with van der Waals surface area (Å²) in [6.07, 6.45) is 18.2. The molecule has 2 fully saturated rings. The number of allylic oxidation sites excluding steroid dienone is 1. The number of rotatable bonds is 7. The first kappa shape index (κ1) is 17.0. The maximum atomic E-state index is 10.7. The van der Waals surface area contributed by atoms with Crippen molar-refractivity contribution >= 4 is 0 Å². The summed E-state index contributed by atoms with van der Waals surface area (Å²) < 4.78 is 6.25. The van der Waals surface area contributed by atoms with Crippen LogP contribution >= 0.6 is 0 Å². The zero-order valence-electron chi connectivity index (χ0n) is 14.0. The number of hydrogen-bond acceptors (Lipinski definition) is 2. The second-order valence-electron chi connectivity index (χ2n) is 7.33. The van der Waals surface area contributed by atoms with Crippen LogP contribution in [0.2, 0.25) is 0 Å². The highest BCUT2D eigenvalue weighted by Crippen LogP contribution is 2.41. The Hall–Kier alpha value is -0.340. The molecule has 21 heavy (non-hydrogen) atoms. The van der Waals surface area contributed by atoms with Crippen molar-refractivity contribution in [3.8, 4) is 0 Å². The standard InChI is InChI=1S/C19H34O2/c1-3-4-5-6-7-8-9-14-18-19(2,20)15-16-12-10-11-13-17(16)21-18/h8-9,16-18,20H,3-7,10-15H2,1-2H3/b9-8+/t16-,17+,18-,19+/m0/s1. The lowest BCUT2D eigenvalue weighted by Crippen LogP contribution is -2.52. The van der Waals surface area contributed by atoms with Gasteiger partial charge in [-0.3, -0.25) is 0 Å². The summed E-state index contributed by atoms with van der Waals surface area (Å²) in [4.78, 5) is 0. The molecule has 0 aromatic heterocycles. The highest BCUT2D eigenvalue weighted by molar-refractivity contribution is 4.98. The quantitative estimate of drug-likeness (QED) is 0.529.